The van der Waals surface area contributed by atoms with Crippen LogP contribution in [0.2, 0.25) is 0 Å². The lowest BCUT2D eigenvalue weighted by Gasteiger charge is -2.46. The molecule has 1 rings (SSSR count). The molecule has 4 atom stereocenters. The summed E-state index contributed by atoms with van der Waals surface area (Å²) in [6.45, 7) is 1.98. The quantitative estimate of drug-likeness (QED) is 0.185. The van der Waals surface area contributed by atoms with Crippen molar-refractivity contribution in [3.05, 3.63) is 12.3 Å². The zero-order chi connectivity index (χ0) is 18.4. The highest BCUT2D eigenvalue weighted by Crippen LogP contribution is 2.22. The molecule has 24 heavy (non-hydrogen) atoms. The predicted molar refractivity (Wildman–Crippen MR) is 80.4 cm³/mol. The van der Waals surface area contributed by atoms with Gasteiger partial charge in [0.1, 0.15) is 0 Å². The van der Waals surface area contributed by atoms with E-state index in [4.69, 9.17) is 15.3 Å². The number of hydrogen-bond acceptors (Lipinski definition) is 9. The summed E-state index contributed by atoms with van der Waals surface area (Å²) >= 11 is 0. The van der Waals surface area contributed by atoms with E-state index in [1.54, 1.807) is 0 Å². The van der Waals surface area contributed by atoms with Gasteiger partial charge in [-0.1, -0.05) is 6.58 Å². The van der Waals surface area contributed by atoms with E-state index in [-0.39, 0.29) is 12.3 Å². The van der Waals surface area contributed by atoms with Gasteiger partial charge in [0.25, 0.3) is 0 Å². The fourth-order valence-electron chi connectivity index (χ4n) is 2.65. The number of hydrogen-bond donors (Lipinski definition) is 9. The van der Waals surface area contributed by atoms with Crippen LogP contribution in [0.1, 0.15) is 0 Å². The van der Waals surface area contributed by atoms with Crippen LogP contribution in [0.4, 0.5) is 0 Å². The molecule has 1 saturated carbocycles. The lowest BCUT2D eigenvalue weighted by molar-refractivity contribution is -0.138. The summed E-state index contributed by atoms with van der Waals surface area (Å²) in [6, 6.07) is -3.38. The Bertz CT molecular complexity index is 396. The summed E-state index contributed by atoms with van der Waals surface area (Å²) in [5, 5.41) is 65.0. The third-order valence-corrected chi connectivity index (χ3v) is 3.73. The van der Waals surface area contributed by atoms with Gasteiger partial charge in [0.2, 0.25) is 0 Å². The molecule has 0 bridgehead atoms. The molecule has 9 N–H and O–H groups in total. The van der Waals surface area contributed by atoms with E-state index < -0.39 is 61.5 Å². The number of nitrogens with one attached hydrogen (secondary N) is 3. The van der Waals surface area contributed by atoms with Crippen molar-refractivity contribution in [1.82, 2.24) is 16.0 Å². The second-order valence-electron chi connectivity index (χ2n) is 5.55. The van der Waals surface area contributed by atoms with Crippen molar-refractivity contribution in [2.75, 3.05) is 19.6 Å². The minimum absolute atomic E-state index is 0.161. The van der Waals surface area contributed by atoms with Crippen molar-refractivity contribution in [3.63, 3.8) is 0 Å². The van der Waals surface area contributed by atoms with E-state index in [0.29, 0.717) is 0 Å². The Morgan fingerprint density at radius 3 is 1.25 bits per heavy atom. The van der Waals surface area contributed by atoms with Gasteiger partial charge in [-0.2, -0.15) is 0 Å². The fourth-order valence-corrected chi connectivity index (χ4v) is 2.65. The largest absolute Gasteiger partial charge is 0.512 e. The molecule has 1 aliphatic carbocycles. The Morgan fingerprint density at radius 2 is 1.00 bits per heavy atom. The van der Waals surface area contributed by atoms with E-state index in [9.17, 15) is 24.9 Å². The molecule has 0 aromatic carbocycles. The smallest absolute Gasteiger partial charge is 0.317 e. The van der Waals surface area contributed by atoms with Crippen LogP contribution < -0.4 is 16.0 Å². The minimum atomic E-state index is -1.45. The Balaban J connectivity index is 2.94. The predicted octanol–water partition coefficient (Wildman–Crippen LogP) is -3.80. The molecule has 0 heterocycles. The topological polar surface area (TPSA) is 192 Å². The number of aliphatic carboxylic acids is 2. The minimum Gasteiger partial charge on any atom is -0.512 e. The maximum absolute atomic E-state index is 10.7. The molecule has 11 heteroatoms. The maximum atomic E-state index is 10.7. The van der Waals surface area contributed by atoms with E-state index in [2.05, 4.69) is 22.5 Å². The molecule has 1 fully saturated rings. The number of aliphatic hydroxyl groups excluding tert-OH is 4. The Kier molecular flexibility index (Phi) is 7.54. The van der Waals surface area contributed by atoms with Crippen LogP contribution in [0.25, 0.3) is 0 Å². The van der Waals surface area contributed by atoms with Crippen molar-refractivity contribution in [1.29, 1.82) is 0 Å². The number of carboxylic acids is 2. The molecule has 0 aromatic heterocycles. The molecule has 0 aromatic rings. The van der Waals surface area contributed by atoms with E-state index in [1.807, 2.05) is 0 Å². The van der Waals surface area contributed by atoms with Crippen LogP contribution in [0, 0.1) is 0 Å². The van der Waals surface area contributed by atoms with Gasteiger partial charge in [-0.15, -0.1) is 0 Å². The van der Waals surface area contributed by atoms with Gasteiger partial charge in [0, 0.05) is 0 Å². The Labute approximate surface area is 137 Å². The maximum Gasteiger partial charge on any atom is 0.317 e. The van der Waals surface area contributed by atoms with E-state index in [0.717, 1.165) is 0 Å². The van der Waals surface area contributed by atoms with Crippen molar-refractivity contribution in [3.8, 4) is 0 Å². The molecule has 0 radical (unpaired) electrons. The summed E-state index contributed by atoms with van der Waals surface area (Å²) in [6.07, 6.45) is -4.27. The van der Waals surface area contributed by atoms with Gasteiger partial charge in [-0.25, -0.2) is 0 Å². The highest BCUT2D eigenvalue weighted by atomic mass is 16.4. The first kappa shape index (κ1) is 20.3. The first-order chi connectivity index (χ1) is 11.1. The van der Waals surface area contributed by atoms with E-state index in [1.165, 1.54) is 0 Å². The molecule has 0 aliphatic heterocycles. The van der Waals surface area contributed by atoms with Crippen molar-refractivity contribution < 1.29 is 40.2 Å². The van der Waals surface area contributed by atoms with Gasteiger partial charge in [-0.05, 0) is 0 Å². The van der Waals surface area contributed by atoms with Crippen LogP contribution in [-0.2, 0) is 9.59 Å². The van der Waals surface area contributed by atoms with Crippen LogP contribution in [0.5, 0.6) is 0 Å². The highest BCUT2D eigenvalue weighted by molar-refractivity contribution is 5.69. The lowest BCUT2D eigenvalue weighted by Crippen LogP contribution is -2.74. The average Bonchev–Trinajstić information content (AvgIpc) is 2.45. The first-order valence-electron chi connectivity index (χ1n) is 7.19. The van der Waals surface area contributed by atoms with Crippen molar-refractivity contribution in [2.45, 2.75) is 36.4 Å². The second-order valence-corrected chi connectivity index (χ2v) is 5.55. The van der Waals surface area contributed by atoms with Crippen molar-refractivity contribution in [2.24, 2.45) is 0 Å². The molecule has 1 aliphatic rings. The monoisotopic (exact) mass is 349 g/mol. The van der Waals surface area contributed by atoms with Gasteiger partial charge in [0.15, 0.2) is 0 Å². The Morgan fingerprint density at radius 1 is 0.708 bits per heavy atom. The molecule has 138 valence electrons. The SMILES string of the molecule is C=C(O)CNC1C(O)C(NCC(=O)O)C(O)C(NCC(=O)O)C1O. The molecule has 0 amide bonds. The average molecular weight is 349 g/mol. The number of aliphatic hydroxyl groups is 4. The van der Waals surface area contributed by atoms with Crippen LogP contribution >= 0.6 is 0 Å². The van der Waals surface area contributed by atoms with Crippen LogP contribution in [-0.4, -0.2) is 98.6 Å². The van der Waals surface area contributed by atoms with Gasteiger partial charge < -0.3 is 36.0 Å². The lowest BCUT2D eigenvalue weighted by atomic mass is 9.79. The van der Waals surface area contributed by atoms with Gasteiger partial charge in [0.05, 0.1) is 61.8 Å². The van der Waals surface area contributed by atoms with Gasteiger partial charge in [-0.3, -0.25) is 20.2 Å². The number of rotatable bonds is 9. The zero-order valence-electron chi connectivity index (χ0n) is 12.8. The molecular formula is C13H23N3O8. The standard InChI is InChI=1S/C13H23N3O8/c1-5(17)2-14-8-11(22)9(15-3-6(18)19)13(24)10(12(8)23)16-4-7(20)21/h8-17,22-24H,1-4H2,(H,18,19)(H,20,21). The normalized spacial score (nSPS) is 33.1. The molecule has 0 saturated heterocycles. The third kappa shape index (κ3) is 5.40. The van der Waals surface area contributed by atoms with Gasteiger partial charge >= 0.3 is 11.9 Å². The zero-order valence-corrected chi connectivity index (χ0v) is 12.8. The van der Waals surface area contributed by atoms with Crippen molar-refractivity contribution >= 4 is 11.9 Å². The second kappa shape index (κ2) is 8.92. The third-order valence-electron chi connectivity index (χ3n) is 3.73. The molecule has 4 unspecified atom stereocenters. The van der Waals surface area contributed by atoms with E-state index >= 15 is 0 Å². The highest BCUT2D eigenvalue weighted by Gasteiger charge is 2.49. The molecular weight excluding hydrogens is 326 g/mol. The summed E-state index contributed by atoms with van der Waals surface area (Å²) in [4.78, 5) is 21.4. The fraction of sp³-hybridized carbons (Fsp3) is 0.692. The number of carbonyl (C=O) groups is 2. The molecule has 0 spiro atoms. The summed E-state index contributed by atoms with van der Waals surface area (Å²) in [5.74, 6) is -2.70. The first-order valence-corrected chi connectivity index (χ1v) is 7.19. The van der Waals surface area contributed by atoms with Crippen LogP contribution in [0.3, 0.4) is 0 Å². The summed E-state index contributed by atoms with van der Waals surface area (Å²) in [5.41, 5.74) is 0. The molecule has 11 nitrogen and oxygen atoms in total. The Hall–Kier alpha value is -1.76. The summed E-state index contributed by atoms with van der Waals surface area (Å²) in [7, 11) is 0. The number of carboxylic acid groups (broad SMARTS) is 2. The van der Waals surface area contributed by atoms with Crippen LogP contribution in [0.15, 0.2) is 12.3 Å². The summed E-state index contributed by atoms with van der Waals surface area (Å²) < 4.78 is 0.